The zero-order valence-corrected chi connectivity index (χ0v) is 17.9. The molecule has 0 spiro atoms. The normalized spacial score (nSPS) is 17.9. The number of benzene rings is 1. The van der Waals surface area contributed by atoms with Crippen LogP contribution in [-0.4, -0.2) is 33.4 Å². The molecule has 146 valence electrons. The molecule has 1 aromatic heterocycles. The maximum atomic E-state index is 12.6. The summed E-state index contributed by atoms with van der Waals surface area (Å²) in [6, 6.07) is 4.98. The molecule has 1 saturated heterocycles. The zero-order valence-electron chi connectivity index (χ0n) is 15.6. The molecule has 27 heavy (non-hydrogen) atoms. The minimum absolute atomic E-state index is 0.125. The number of aromatic nitrogens is 2. The molecule has 1 aliphatic heterocycles. The first-order valence-corrected chi connectivity index (χ1v) is 10.6. The van der Waals surface area contributed by atoms with Crippen LogP contribution in [0.5, 0.6) is 0 Å². The van der Waals surface area contributed by atoms with Gasteiger partial charge < -0.3 is 14.6 Å². The Morgan fingerprint density at radius 1 is 1.37 bits per heavy atom. The first-order valence-electron chi connectivity index (χ1n) is 8.92. The van der Waals surface area contributed by atoms with Crippen LogP contribution in [-0.2, 0) is 16.1 Å². The molecule has 0 unspecified atom stereocenters. The predicted octanol–water partition coefficient (Wildman–Crippen LogP) is 5.11. The number of aryl methyl sites for hydroxylation is 1. The molecule has 1 aliphatic rings. The van der Waals surface area contributed by atoms with Crippen molar-refractivity contribution in [3.8, 4) is 0 Å². The fraction of sp³-hybridized carbons (Fsp3) is 0.474. The quantitative estimate of drug-likeness (QED) is 0.650. The highest BCUT2D eigenvalue weighted by Gasteiger charge is 2.23. The summed E-state index contributed by atoms with van der Waals surface area (Å²) in [7, 11) is 0. The maximum Gasteiger partial charge on any atom is 0.237 e. The van der Waals surface area contributed by atoms with Crippen LogP contribution in [0.25, 0.3) is 0 Å². The average Bonchev–Trinajstić information content (AvgIpc) is 3.18. The van der Waals surface area contributed by atoms with Crippen molar-refractivity contribution >= 4 is 46.6 Å². The van der Waals surface area contributed by atoms with Crippen molar-refractivity contribution < 1.29 is 9.53 Å². The summed E-state index contributed by atoms with van der Waals surface area (Å²) in [4.78, 5) is 17.3. The van der Waals surface area contributed by atoms with Crippen LogP contribution >= 0.6 is 35.0 Å². The van der Waals surface area contributed by atoms with Gasteiger partial charge in [0.05, 0.1) is 23.6 Å². The fourth-order valence-electron chi connectivity index (χ4n) is 3.00. The van der Waals surface area contributed by atoms with Gasteiger partial charge in [0.15, 0.2) is 5.16 Å². The standard InChI is InChI=1S/C19H23Cl2N3O2S/c1-11-12(2)24(10-17-5-4-6-26-17)19(22-11)27-13(3)18(25)23-16-8-14(20)7-15(21)9-16/h7-9,13,17H,4-6,10H2,1-3H3,(H,23,25)/t13-,17-/m1/s1. The number of carbonyl (C=O) groups is 1. The van der Waals surface area contributed by atoms with Crippen LogP contribution in [0.1, 0.15) is 31.2 Å². The third-order valence-corrected chi connectivity index (χ3v) is 6.14. The number of ether oxygens (including phenoxy) is 1. The molecular weight excluding hydrogens is 405 g/mol. The molecular formula is C19H23Cl2N3O2S. The van der Waals surface area contributed by atoms with E-state index in [9.17, 15) is 4.79 Å². The highest BCUT2D eigenvalue weighted by Crippen LogP contribution is 2.29. The third kappa shape index (κ3) is 5.19. The number of nitrogens with zero attached hydrogens (tertiary/aromatic N) is 2. The van der Waals surface area contributed by atoms with Gasteiger partial charge in [0.25, 0.3) is 0 Å². The molecule has 0 saturated carbocycles. The van der Waals surface area contributed by atoms with E-state index in [0.29, 0.717) is 15.7 Å². The lowest BCUT2D eigenvalue weighted by Crippen LogP contribution is -2.23. The van der Waals surface area contributed by atoms with Gasteiger partial charge in [-0.1, -0.05) is 35.0 Å². The highest BCUT2D eigenvalue weighted by molar-refractivity contribution is 8.00. The number of amides is 1. The molecule has 0 bridgehead atoms. The number of thioether (sulfide) groups is 1. The van der Waals surface area contributed by atoms with Gasteiger partial charge in [0.1, 0.15) is 0 Å². The van der Waals surface area contributed by atoms with Gasteiger partial charge >= 0.3 is 0 Å². The Morgan fingerprint density at radius 2 is 2.07 bits per heavy atom. The summed E-state index contributed by atoms with van der Waals surface area (Å²) in [6.45, 7) is 7.50. The molecule has 8 heteroatoms. The number of rotatable bonds is 6. The van der Waals surface area contributed by atoms with E-state index in [1.807, 2.05) is 13.8 Å². The van der Waals surface area contributed by atoms with E-state index < -0.39 is 0 Å². The topological polar surface area (TPSA) is 56.2 Å². The Morgan fingerprint density at radius 3 is 2.70 bits per heavy atom. The molecule has 5 nitrogen and oxygen atoms in total. The van der Waals surface area contributed by atoms with Crippen LogP contribution < -0.4 is 5.32 Å². The Labute approximate surface area is 173 Å². The smallest absolute Gasteiger partial charge is 0.237 e. The second-order valence-corrected chi connectivity index (χ2v) is 8.90. The van der Waals surface area contributed by atoms with Gasteiger partial charge in [0, 0.05) is 28.0 Å². The van der Waals surface area contributed by atoms with E-state index in [1.165, 1.54) is 11.8 Å². The summed E-state index contributed by atoms with van der Waals surface area (Å²) in [5, 5.41) is 4.35. The first-order chi connectivity index (χ1) is 12.8. The minimum Gasteiger partial charge on any atom is -0.376 e. The first kappa shape index (κ1) is 20.5. The lowest BCUT2D eigenvalue weighted by Gasteiger charge is -2.17. The molecule has 1 fully saturated rings. The van der Waals surface area contributed by atoms with Gasteiger partial charge in [-0.15, -0.1) is 0 Å². The number of imidazole rings is 1. The number of hydrogen-bond donors (Lipinski definition) is 1. The van der Waals surface area contributed by atoms with E-state index >= 15 is 0 Å². The molecule has 0 aliphatic carbocycles. The summed E-state index contributed by atoms with van der Waals surface area (Å²) in [6.07, 6.45) is 2.38. The van der Waals surface area contributed by atoms with E-state index in [-0.39, 0.29) is 17.3 Å². The SMILES string of the molecule is Cc1nc(S[C@H](C)C(=O)Nc2cc(Cl)cc(Cl)c2)n(C[C@H]2CCCO2)c1C. The van der Waals surface area contributed by atoms with E-state index in [4.69, 9.17) is 27.9 Å². The van der Waals surface area contributed by atoms with Gasteiger partial charge in [-0.05, 0) is 51.8 Å². The summed E-state index contributed by atoms with van der Waals surface area (Å²) in [5.74, 6) is -0.125. The lowest BCUT2D eigenvalue weighted by atomic mass is 10.2. The molecule has 1 amide bonds. The Balaban J connectivity index is 1.70. The molecule has 2 heterocycles. The lowest BCUT2D eigenvalue weighted by molar-refractivity contribution is -0.115. The Bertz CT molecular complexity index is 814. The molecule has 0 radical (unpaired) electrons. The third-order valence-electron chi connectivity index (χ3n) is 4.61. The fourth-order valence-corrected chi connectivity index (χ4v) is 4.54. The molecule has 3 rings (SSSR count). The van der Waals surface area contributed by atoms with Crippen LogP contribution in [0.15, 0.2) is 23.4 Å². The van der Waals surface area contributed by atoms with Crippen molar-refractivity contribution in [3.05, 3.63) is 39.6 Å². The van der Waals surface area contributed by atoms with E-state index in [2.05, 4.69) is 21.8 Å². The van der Waals surface area contributed by atoms with Crippen molar-refractivity contribution in [2.24, 2.45) is 0 Å². The van der Waals surface area contributed by atoms with E-state index in [1.54, 1.807) is 18.2 Å². The second kappa shape index (κ2) is 8.86. The van der Waals surface area contributed by atoms with Gasteiger partial charge in [-0.3, -0.25) is 4.79 Å². The van der Waals surface area contributed by atoms with Crippen molar-refractivity contribution in [1.29, 1.82) is 0 Å². The summed E-state index contributed by atoms with van der Waals surface area (Å²) < 4.78 is 7.93. The molecule has 1 N–H and O–H groups in total. The van der Waals surface area contributed by atoms with Gasteiger partial charge in [-0.25, -0.2) is 4.98 Å². The van der Waals surface area contributed by atoms with Crippen molar-refractivity contribution in [1.82, 2.24) is 9.55 Å². The minimum atomic E-state index is -0.327. The number of carbonyl (C=O) groups excluding carboxylic acids is 1. The van der Waals surface area contributed by atoms with Crippen molar-refractivity contribution in [2.45, 2.75) is 56.7 Å². The number of anilines is 1. The van der Waals surface area contributed by atoms with Crippen LogP contribution in [0.2, 0.25) is 10.0 Å². The van der Waals surface area contributed by atoms with Gasteiger partial charge in [-0.2, -0.15) is 0 Å². The van der Waals surface area contributed by atoms with Crippen LogP contribution in [0.4, 0.5) is 5.69 Å². The number of nitrogens with one attached hydrogen (secondary N) is 1. The van der Waals surface area contributed by atoms with Crippen LogP contribution in [0.3, 0.4) is 0 Å². The van der Waals surface area contributed by atoms with Gasteiger partial charge in [0.2, 0.25) is 5.91 Å². The Hall–Kier alpha value is -1.21. The molecule has 2 aromatic rings. The average molecular weight is 428 g/mol. The molecule has 2 atom stereocenters. The van der Waals surface area contributed by atoms with Crippen LogP contribution in [0, 0.1) is 13.8 Å². The molecule has 1 aromatic carbocycles. The van der Waals surface area contributed by atoms with E-state index in [0.717, 1.165) is 42.5 Å². The number of halogens is 2. The highest BCUT2D eigenvalue weighted by atomic mass is 35.5. The predicted molar refractivity (Wildman–Crippen MR) is 111 cm³/mol. The maximum absolute atomic E-state index is 12.6. The monoisotopic (exact) mass is 427 g/mol. The van der Waals surface area contributed by atoms with Crippen molar-refractivity contribution in [3.63, 3.8) is 0 Å². The Kier molecular flexibility index (Phi) is 6.74. The zero-order chi connectivity index (χ0) is 19.6. The summed E-state index contributed by atoms with van der Waals surface area (Å²) >= 11 is 13.4. The van der Waals surface area contributed by atoms with Crippen molar-refractivity contribution in [2.75, 3.05) is 11.9 Å². The second-order valence-electron chi connectivity index (χ2n) is 6.72. The largest absolute Gasteiger partial charge is 0.376 e. The summed E-state index contributed by atoms with van der Waals surface area (Å²) in [5.41, 5.74) is 2.67. The number of hydrogen-bond acceptors (Lipinski definition) is 4.